The Kier molecular flexibility index (Phi) is 7.04. The summed E-state index contributed by atoms with van der Waals surface area (Å²) in [7, 11) is 0. The normalized spacial score (nSPS) is 15.1. The Balaban J connectivity index is 2.34. The Morgan fingerprint density at radius 1 is 1.15 bits per heavy atom. The Labute approximate surface area is 120 Å². The SMILES string of the molecule is CCCCN(CCC(=O)N1CCN(C=O)CC1)C(C)=O. The monoisotopic (exact) mass is 283 g/mol. The number of nitrogens with zero attached hydrogens (tertiary/aromatic N) is 3. The molecule has 1 saturated heterocycles. The molecule has 1 fully saturated rings. The minimum absolute atomic E-state index is 0.0250. The van der Waals surface area contributed by atoms with E-state index in [2.05, 4.69) is 6.92 Å². The van der Waals surface area contributed by atoms with Crippen LogP contribution in [-0.4, -0.2) is 72.2 Å². The lowest BCUT2D eigenvalue weighted by atomic mass is 10.2. The fraction of sp³-hybridized carbons (Fsp3) is 0.786. The van der Waals surface area contributed by atoms with Crippen molar-refractivity contribution in [1.82, 2.24) is 14.7 Å². The van der Waals surface area contributed by atoms with E-state index >= 15 is 0 Å². The molecule has 0 unspecified atom stereocenters. The van der Waals surface area contributed by atoms with Gasteiger partial charge in [-0.25, -0.2) is 0 Å². The number of rotatable bonds is 7. The molecular formula is C14H25N3O3. The second kappa shape index (κ2) is 8.55. The number of piperazine rings is 1. The largest absolute Gasteiger partial charge is 0.342 e. The molecule has 1 aliphatic rings. The van der Waals surface area contributed by atoms with Crippen LogP contribution in [0.15, 0.2) is 0 Å². The topological polar surface area (TPSA) is 60.9 Å². The van der Waals surface area contributed by atoms with Crippen LogP contribution in [0.25, 0.3) is 0 Å². The molecule has 0 saturated carbocycles. The highest BCUT2D eigenvalue weighted by molar-refractivity contribution is 5.78. The first kappa shape index (κ1) is 16.5. The van der Waals surface area contributed by atoms with E-state index in [9.17, 15) is 14.4 Å². The number of hydrogen-bond donors (Lipinski definition) is 0. The molecule has 1 heterocycles. The molecule has 0 aromatic heterocycles. The summed E-state index contributed by atoms with van der Waals surface area (Å²) in [6.45, 7) is 7.21. The van der Waals surface area contributed by atoms with Crippen molar-refractivity contribution in [3.05, 3.63) is 0 Å². The van der Waals surface area contributed by atoms with E-state index in [4.69, 9.17) is 0 Å². The van der Waals surface area contributed by atoms with Gasteiger partial charge in [-0.1, -0.05) is 13.3 Å². The summed E-state index contributed by atoms with van der Waals surface area (Å²) in [5, 5.41) is 0. The zero-order valence-electron chi connectivity index (χ0n) is 12.5. The fourth-order valence-corrected chi connectivity index (χ4v) is 2.24. The molecule has 6 heteroatoms. The van der Waals surface area contributed by atoms with Gasteiger partial charge >= 0.3 is 0 Å². The first-order valence-electron chi connectivity index (χ1n) is 7.31. The second-order valence-electron chi connectivity index (χ2n) is 5.13. The van der Waals surface area contributed by atoms with E-state index in [1.54, 1.807) is 21.6 Å². The third-order valence-electron chi connectivity index (χ3n) is 3.64. The van der Waals surface area contributed by atoms with Gasteiger partial charge < -0.3 is 14.7 Å². The Hall–Kier alpha value is -1.59. The van der Waals surface area contributed by atoms with Crippen LogP contribution in [-0.2, 0) is 14.4 Å². The van der Waals surface area contributed by atoms with Gasteiger partial charge in [0.15, 0.2) is 0 Å². The van der Waals surface area contributed by atoms with Crippen molar-refractivity contribution in [2.45, 2.75) is 33.1 Å². The molecule has 0 N–H and O–H groups in total. The van der Waals surface area contributed by atoms with Crippen molar-refractivity contribution in [1.29, 1.82) is 0 Å². The summed E-state index contributed by atoms with van der Waals surface area (Å²) in [4.78, 5) is 39.3. The molecule has 0 radical (unpaired) electrons. The van der Waals surface area contributed by atoms with Crippen LogP contribution >= 0.6 is 0 Å². The Morgan fingerprint density at radius 2 is 1.80 bits per heavy atom. The molecule has 0 bridgehead atoms. The van der Waals surface area contributed by atoms with Crippen LogP contribution < -0.4 is 0 Å². The van der Waals surface area contributed by atoms with Crippen molar-refractivity contribution in [3.63, 3.8) is 0 Å². The van der Waals surface area contributed by atoms with E-state index in [1.165, 1.54) is 0 Å². The Bertz CT molecular complexity index is 339. The number of hydrogen-bond acceptors (Lipinski definition) is 3. The predicted molar refractivity (Wildman–Crippen MR) is 76.0 cm³/mol. The van der Waals surface area contributed by atoms with Crippen LogP contribution in [0.2, 0.25) is 0 Å². The third-order valence-corrected chi connectivity index (χ3v) is 3.64. The van der Waals surface area contributed by atoms with E-state index in [0.29, 0.717) is 39.1 Å². The lowest BCUT2D eigenvalue weighted by molar-refractivity contribution is -0.136. The molecule has 0 aliphatic carbocycles. The average molecular weight is 283 g/mol. The number of carbonyl (C=O) groups is 3. The summed E-state index contributed by atoms with van der Waals surface area (Å²) in [5.74, 6) is 0.0929. The van der Waals surface area contributed by atoms with Crippen LogP contribution in [0.3, 0.4) is 0 Å². The van der Waals surface area contributed by atoms with Crippen molar-refractivity contribution >= 4 is 18.2 Å². The van der Waals surface area contributed by atoms with Crippen molar-refractivity contribution in [3.8, 4) is 0 Å². The summed E-state index contributed by atoms with van der Waals surface area (Å²) < 4.78 is 0. The molecule has 3 amide bonds. The smallest absolute Gasteiger partial charge is 0.224 e. The van der Waals surface area contributed by atoms with Gasteiger partial charge in [0.2, 0.25) is 18.2 Å². The summed E-state index contributed by atoms with van der Waals surface area (Å²) in [5.41, 5.74) is 0. The summed E-state index contributed by atoms with van der Waals surface area (Å²) >= 11 is 0. The zero-order valence-corrected chi connectivity index (χ0v) is 12.5. The molecular weight excluding hydrogens is 258 g/mol. The van der Waals surface area contributed by atoms with Crippen molar-refractivity contribution in [2.24, 2.45) is 0 Å². The lowest BCUT2D eigenvalue weighted by Crippen LogP contribution is -2.48. The molecule has 0 atom stereocenters. The van der Waals surface area contributed by atoms with Crippen LogP contribution in [0.4, 0.5) is 0 Å². The van der Waals surface area contributed by atoms with Crippen molar-refractivity contribution < 1.29 is 14.4 Å². The molecule has 114 valence electrons. The fourth-order valence-electron chi connectivity index (χ4n) is 2.24. The van der Waals surface area contributed by atoms with Crippen LogP contribution in [0.5, 0.6) is 0 Å². The number of amides is 3. The van der Waals surface area contributed by atoms with Gasteiger partial charge in [0.25, 0.3) is 0 Å². The maximum Gasteiger partial charge on any atom is 0.224 e. The highest BCUT2D eigenvalue weighted by Gasteiger charge is 2.20. The molecule has 6 nitrogen and oxygen atoms in total. The van der Waals surface area contributed by atoms with Gasteiger partial charge in [-0.05, 0) is 6.42 Å². The third kappa shape index (κ3) is 5.19. The van der Waals surface area contributed by atoms with E-state index in [0.717, 1.165) is 25.8 Å². The van der Waals surface area contributed by atoms with E-state index in [-0.39, 0.29) is 11.8 Å². The van der Waals surface area contributed by atoms with Crippen LogP contribution in [0, 0.1) is 0 Å². The molecule has 0 aromatic rings. The Morgan fingerprint density at radius 3 is 2.30 bits per heavy atom. The average Bonchev–Trinajstić information content (AvgIpc) is 2.46. The minimum Gasteiger partial charge on any atom is -0.342 e. The van der Waals surface area contributed by atoms with Gasteiger partial charge in [-0.2, -0.15) is 0 Å². The summed E-state index contributed by atoms with van der Waals surface area (Å²) in [6, 6.07) is 0. The maximum atomic E-state index is 12.1. The zero-order chi connectivity index (χ0) is 15.0. The second-order valence-corrected chi connectivity index (χ2v) is 5.13. The van der Waals surface area contributed by atoms with Crippen LogP contribution in [0.1, 0.15) is 33.1 Å². The molecule has 1 rings (SSSR count). The standard InChI is InChI=1S/C14H25N3O3/c1-3-4-6-16(13(2)19)7-5-14(20)17-10-8-15(12-18)9-11-17/h12H,3-11H2,1-2H3. The van der Waals surface area contributed by atoms with Gasteiger partial charge in [-0.3, -0.25) is 14.4 Å². The lowest BCUT2D eigenvalue weighted by Gasteiger charge is -2.33. The van der Waals surface area contributed by atoms with E-state index < -0.39 is 0 Å². The molecule has 0 aromatic carbocycles. The highest BCUT2D eigenvalue weighted by Crippen LogP contribution is 2.04. The van der Waals surface area contributed by atoms with Gasteiger partial charge in [0.05, 0.1) is 0 Å². The predicted octanol–water partition coefficient (Wildman–Crippen LogP) is 0.326. The first-order valence-corrected chi connectivity index (χ1v) is 7.31. The van der Waals surface area contributed by atoms with Crippen molar-refractivity contribution in [2.75, 3.05) is 39.3 Å². The molecule has 20 heavy (non-hydrogen) atoms. The van der Waals surface area contributed by atoms with E-state index in [1.807, 2.05) is 0 Å². The van der Waals surface area contributed by atoms with Gasteiger partial charge in [-0.15, -0.1) is 0 Å². The highest BCUT2D eigenvalue weighted by atomic mass is 16.2. The minimum atomic E-state index is 0.0250. The molecule has 0 spiro atoms. The number of carbonyl (C=O) groups excluding carboxylic acids is 3. The van der Waals surface area contributed by atoms with Gasteiger partial charge in [0, 0.05) is 52.6 Å². The quantitative estimate of drug-likeness (QED) is 0.632. The number of unbranched alkanes of at least 4 members (excludes halogenated alkanes) is 1. The maximum absolute atomic E-state index is 12.1. The molecule has 1 aliphatic heterocycles. The van der Waals surface area contributed by atoms with Gasteiger partial charge in [0.1, 0.15) is 0 Å². The summed E-state index contributed by atoms with van der Waals surface area (Å²) in [6.07, 6.45) is 3.19. The first-order chi connectivity index (χ1) is 9.58.